The monoisotopic (exact) mass is 922 g/mol. The van der Waals surface area contributed by atoms with E-state index in [4.69, 9.17) is 13.8 Å². The molecule has 0 radical (unpaired) electrons. The fraction of sp³-hybridized carbons (Fsp3) is 0.815. The maximum absolute atomic E-state index is 12.2. The molecule has 0 aliphatic heterocycles. The van der Waals surface area contributed by atoms with E-state index < -0.39 is 26.5 Å². The Balaban J connectivity index is 3.57. The van der Waals surface area contributed by atoms with E-state index in [1.807, 2.05) is 0 Å². The first-order valence-corrected chi connectivity index (χ1v) is 28.1. The number of esters is 1. The molecule has 0 spiro atoms. The average Bonchev–Trinajstić information content (AvgIpc) is 3.28. The Morgan fingerprint density at radius 1 is 0.484 bits per heavy atom. The topological polar surface area (TPSA) is 131 Å². The third-order valence-electron chi connectivity index (χ3n) is 11.5. The van der Waals surface area contributed by atoms with Crippen LogP contribution in [0.25, 0.3) is 0 Å². The van der Waals surface area contributed by atoms with Crippen molar-refractivity contribution in [2.45, 2.75) is 258 Å². The van der Waals surface area contributed by atoms with Crippen molar-refractivity contribution in [3.63, 3.8) is 0 Å². The predicted molar refractivity (Wildman–Crippen MR) is 270 cm³/mol. The van der Waals surface area contributed by atoms with Gasteiger partial charge in [0, 0.05) is 19.4 Å². The second-order valence-corrected chi connectivity index (χ2v) is 19.3. The van der Waals surface area contributed by atoms with E-state index >= 15 is 0 Å². The molecule has 0 fully saturated rings. The Labute approximate surface area is 394 Å². The van der Waals surface area contributed by atoms with Gasteiger partial charge in [-0.1, -0.05) is 229 Å². The molecule has 10 heteroatoms. The summed E-state index contributed by atoms with van der Waals surface area (Å²) < 4.78 is 27.0. The number of rotatable bonds is 50. The van der Waals surface area contributed by atoms with Gasteiger partial charge in [-0.05, 0) is 57.8 Å². The number of carbonyl (C=O) groups is 2. The molecule has 2 unspecified atom stereocenters. The number of nitrogens with one attached hydrogen (secondary N) is 1. The van der Waals surface area contributed by atoms with Gasteiger partial charge in [0.1, 0.15) is 12.7 Å². The number of phosphoric acid groups is 1. The first-order chi connectivity index (χ1) is 31.3. The number of allylic oxidation sites excluding steroid dienone is 8. The fourth-order valence-corrected chi connectivity index (χ4v) is 8.24. The van der Waals surface area contributed by atoms with Crippen LogP contribution in [0.1, 0.15) is 251 Å². The van der Waals surface area contributed by atoms with Crippen LogP contribution in [-0.4, -0.2) is 54.3 Å². The van der Waals surface area contributed by atoms with E-state index in [9.17, 15) is 24.2 Å². The molecule has 2 atom stereocenters. The zero-order chi connectivity index (χ0) is 46.7. The lowest BCUT2D eigenvalue weighted by atomic mass is 10.0. The fourth-order valence-electron chi connectivity index (χ4n) is 7.48. The van der Waals surface area contributed by atoms with Gasteiger partial charge >= 0.3 is 13.8 Å². The second-order valence-electron chi connectivity index (χ2n) is 17.9. The van der Waals surface area contributed by atoms with Crippen molar-refractivity contribution in [1.82, 2.24) is 5.32 Å². The normalized spacial score (nSPS) is 13.5. The Hall–Kier alpha value is -2.03. The number of phosphoric ester groups is 1. The standard InChI is InChI=1S/C54H100NO8P/c1-3-5-7-9-11-13-15-17-19-21-23-25-27-29-31-33-35-37-39-41-43-45-47-54(58)61-50-52(56)51-63-64(59,60)62-49-48-55-53(57)46-44-42-40-38-36-34-32-30-28-26-24-22-20-18-16-14-12-10-8-6-4-2/h12,14,18,20,24,26,30,32,52,56H,3-11,13,15-17,19,21-23,25,27-29,31,33-51H2,1-2H3,(H,55,57)(H,59,60)/b14-12-,20-18-,26-24-,32-30-. The molecule has 64 heavy (non-hydrogen) atoms. The van der Waals surface area contributed by atoms with Gasteiger partial charge in [0.05, 0.1) is 13.2 Å². The molecule has 0 aromatic carbocycles. The summed E-state index contributed by atoms with van der Waals surface area (Å²) in [7, 11) is -4.43. The first kappa shape index (κ1) is 62.0. The second kappa shape index (κ2) is 50.4. The summed E-state index contributed by atoms with van der Waals surface area (Å²) in [4.78, 5) is 34.1. The lowest BCUT2D eigenvalue weighted by Gasteiger charge is -2.15. The molecule has 0 aromatic rings. The van der Waals surface area contributed by atoms with Gasteiger partial charge in [-0.25, -0.2) is 4.57 Å². The van der Waals surface area contributed by atoms with Gasteiger partial charge in [0.25, 0.3) is 0 Å². The van der Waals surface area contributed by atoms with Crippen molar-refractivity contribution in [1.29, 1.82) is 0 Å². The van der Waals surface area contributed by atoms with Gasteiger partial charge in [-0.15, -0.1) is 0 Å². The third kappa shape index (κ3) is 51.0. The number of aliphatic hydroxyl groups excluding tert-OH is 1. The highest BCUT2D eigenvalue weighted by Crippen LogP contribution is 2.42. The number of hydrogen-bond donors (Lipinski definition) is 3. The van der Waals surface area contributed by atoms with Crippen LogP contribution >= 0.6 is 7.82 Å². The smallest absolute Gasteiger partial charge is 0.463 e. The predicted octanol–water partition coefficient (Wildman–Crippen LogP) is 15.8. The van der Waals surface area contributed by atoms with Crippen LogP contribution in [-0.2, 0) is 27.9 Å². The lowest BCUT2D eigenvalue weighted by Crippen LogP contribution is -2.27. The SMILES string of the molecule is CCCCC/C=C\C/C=C\C/C=C\C/C=C\CCCCCCCC(=O)NCCOP(=O)(O)OCC(O)COC(=O)CCCCCCCCCCCCCCCCCCCCCCCC. The van der Waals surface area contributed by atoms with E-state index in [1.54, 1.807) is 0 Å². The molecule has 0 aliphatic rings. The molecule has 0 rings (SSSR count). The molecule has 3 N–H and O–H groups in total. The molecule has 0 heterocycles. The summed E-state index contributed by atoms with van der Waals surface area (Å²) in [6, 6.07) is 0. The van der Waals surface area contributed by atoms with E-state index in [2.05, 4.69) is 67.8 Å². The summed E-state index contributed by atoms with van der Waals surface area (Å²) in [6.45, 7) is 3.54. The van der Waals surface area contributed by atoms with Crippen LogP contribution in [0.2, 0.25) is 0 Å². The van der Waals surface area contributed by atoms with Gasteiger partial charge < -0.3 is 20.1 Å². The van der Waals surface area contributed by atoms with Crippen LogP contribution in [0.4, 0.5) is 0 Å². The van der Waals surface area contributed by atoms with Gasteiger partial charge in [-0.3, -0.25) is 18.6 Å². The number of carbonyl (C=O) groups excluding carboxylic acids is 2. The first-order valence-electron chi connectivity index (χ1n) is 26.6. The van der Waals surface area contributed by atoms with Crippen molar-refractivity contribution in [2.24, 2.45) is 0 Å². The number of amides is 1. The third-order valence-corrected chi connectivity index (χ3v) is 12.5. The van der Waals surface area contributed by atoms with Crippen molar-refractivity contribution in [2.75, 3.05) is 26.4 Å². The molecule has 0 bridgehead atoms. The number of hydrogen-bond acceptors (Lipinski definition) is 7. The zero-order valence-corrected chi connectivity index (χ0v) is 42.4. The molecule has 0 aromatic heterocycles. The highest BCUT2D eigenvalue weighted by molar-refractivity contribution is 7.47. The Kier molecular flexibility index (Phi) is 48.8. The van der Waals surface area contributed by atoms with E-state index in [1.165, 1.54) is 148 Å². The van der Waals surface area contributed by atoms with Gasteiger partial charge in [-0.2, -0.15) is 0 Å². The van der Waals surface area contributed by atoms with E-state index in [0.29, 0.717) is 6.42 Å². The van der Waals surface area contributed by atoms with E-state index in [-0.39, 0.29) is 32.1 Å². The zero-order valence-electron chi connectivity index (χ0n) is 41.5. The minimum Gasteiger partial charge on any atom is -0.463 e. The number of unbranched alkanes of at least 4 members (excludes halogenated alkanes) is 29. The molecular weight excluding hydrogens is 822 g/mol. The van der Waals surface area contributed by atoms with Crippen LogP contribution in [0, 0.1) is 0 Å². The molecular formula is C54H100NO8P. The summed E-state index contributed by atoms with van der Waals surface area (Å²) in [5, 5.41) is 12.8. The lowest BCUT2D eigenvalue weighted by molar-refractivity contribution is -0.147. The van der Waals surface area contributed by atoms with E-state index in [0.717, 1.165) is 77.0 Å². The van der Waals surface area contributed by atoms with Crippen LogP contribution < -0.4 is 5.32 Å². The quantitative estimate of drug-likeness (QED) is 0.0238. The Bertz CT molecular complexity index is 1190. The maximum Gasteiger partial charge on any atom is 0.472 e. The highest BCUT2D eigenvalue weighted by Gasteiger charge is 2.23. The molecule has 0 saturated heterocycles. The Morgan fingerprint density at radius 3 is 1.30 bits per heavy atom. The highest BCUT2D eigenvalue weighted by atomic mass is 31.2. The number of ether oxygens (including phenoxy) is 1. The summed E-state index contributed by atoms with van der Waals surface area (Å²) in [5.41, 5.74) is 0. The molecule has 0 saturated carbocycles. The molecule has 1 amide bonds. The van der Waals surface area contributed by atoms with Crippen LogP contribution in [0.3, 0.4) is 0 Å². The minimum atomic E-state index is -4.43. The summed E-state index contributed by atoms with van der Waals surface area (Å²) >= 11 is 0. The van der Waals surface area contributed by atoms with Gasteiger partial charge in [0.15, 0.2) is 0 Å². The van der Waals surface area contributed by atoms with Gasteiger partial charge in [0.2, 0.25) is 5.91 Å². The largest absolute Gasteiger partial charge is 0.472 e. The molecule has 374 valence electrons. The van der Waals surface area contributed by atoms with Crippen molar-refractivity contribution >= 4 is 19.7 Å². The van der Waals surface area contributed by atoms with Crippen molar-refractivity contribution in [3.8, 4) is 0 Å². The van der Waals surface area contributed by atoms with Crippen LogP contribution in [0.15, 0.2) is 48.6 Å². The summed E-state index contributed by atoms with van der Waals surface area (Å²) in [5.74, 6) is -0.527. The average molecular weight is 922 g/mol. The molecule has 9 nitrogen and oxygen atoms in total. The minimum absolute atomic E-state index is 0.0710. The Morgan fingerprint density at radius 2 is 0.844 bits per heavy atom. The molecule has 0 aliphatic carbocycles. The van der Waals surface area contributed by atoms with Crippen LogP contribution in [0.5, 0.6) is 0 Å². The summed E-state index contributed by atoms with van der Waals surface area (Å²) in [6.07, 6.45) is 60.5. The maximum atomic E-state index is 12.2. The van der Waals surface area contributed by atoms with Crippen molar-refractivity contribution in [3.05, 3.63) is 48.6 Å². The van der Waals surface area contributed by atoms with Crippen molar-refractivity contribution < 1.29 is 37.9 Å². The number of aliphatic hydroxyl groups is 1.